The molecule has 1 heterocycles. The van der Waals surface area contributed by atoms with Crippen molar-refractivity contribution in [3.05, 3.63) is 99.7 Å². The number of non-ortho nitro benzene ring substituents is 1. The highest BCUT2D eigenvalue weighted by atomic mass is 19.2. The van der Waals surface area contributed by atoms with E-state index in [4.69, 9.17) is 4.74 Å². The summed E-state index contributed by atoms with van der Waals surface area (Å²) < 4.78 is 32.4. The number of carbonyl (C=O) groups is 2. The first-order chi connectivity index (χ1) is 15.8. The summed E-state index contributed by atoms with van der Waals surface area (Å²) in [4.78, 5) is 37.6. The van der Waals surface area contributed by atoms with E-state index in [9.17, 15) is 28.5 Å². The molecule has 0 atom stereocenters. The topological polar surface area (TPSA) is 102 Å². The van der Waals surface area contributed by atoms with Gasteiger partial charge >= 0.3 is 0 Å². The third-order valence-electron chi connectivity index (χ3n) is 4.95. The molecule has 3 aromatic rings. The molecule has 4 rings (SSSR count). The Bertz CT molecular complexity index is 1320. The van der Waals surface area contributed by atoms with Gasteiger partial charge in [-0.15, -0.1) is 0 Å². The van der Waals surface area contributed by atoms with Crippen LogP contribution in [-0.2, 0) is 9.59 Å². The molecule has 1 aliphatic rings. The van der Waals surface area contributed by atoms with Gasteiger partial charge in [0.1, 0.15) is 11.4 Å². The lowest BCUT2D eigenvalue weighted by molar-refractivity contribution is -0.384. The lowest BCUT2D eigenvalue weighted by atomic mass is 10.0. The molecule has 0 radical (unpaired) electrons. The Morgan fingerprint density at radius 1 is 0.939 bits per heavy atom. The van der Waals surface area contributed by atoms with Gasteiger partial charge in [0.15, 0.2) is 11.6 Å². The van der Waals surface area contributed by atoms with Gasteiger partial charge in [-0.1, -0.05) is 6.07 Å². The van der Waals surface area contributed by atoms with Crippen LogP contribution in [0.2, 0.25) is 0 Å². The number of nitro benzene ring substituents is 1. The fourth-order valence-corrected chi connectivity index (χ4v) is 3.37. The fourth-order valence-electron chi connectivity index (χ4n) is 3.37. The van der Waals surface area contributed by atoms with Gasteiger partial charge in [0.25, 0.3) is 17.5 Å². The summed E-state index contributed by atoms with van der Waals surface area (Å²) in [5, 5.41) is 13.9. The Labute approximate surface area is 185 Å². The first-order valence-electron chi connectivity index (χ1n) is 9.54. The average molecular weight is 451 g/mol. The molecule has 166 valence electrons. The SMILES string of the molecule is COc1cccc(NC2=C(c3ccc([N+](=O)[O-])cc3)C(=O)N(c3ccc(F)c(F)c3)C2=O)c1. The van der Waals surface area contributed by atoms with Crippen LogP contribution in [0.3, 0.4) is 0 Å². The van der Waals surface area contributed by atoms with Crippen LogP contribution in [-0.4, -0.2) is 23.8 Å². The van der Waals surface area contributed by atoms with E-state index in [1.807, 2.05) is 0 Å². The van der Waals surface area contributed by atoms with E-state index in [0.29, 0.717) is 16.3 Å². The lowest BCUT2D eigenvalue weighted by Gasteiger charge is -2.15. The number of methoxy groups -OCH3 is 1. The summed E-state index contributed by atoms with van der Waals surface area (Å²) in [6.07, 6.45) is 0. The van der Waals surface area contributed by atoms with Crippen molar-refractivity contribution in [2.75, 3.05) is 17.3 Å². The van der Waals surface area contributed by atoms with E-state index < -0.39 is 28.4 Å². The van der Waals surface area contributed by atoms with Crippen LogP contribution in [0.1, 0.15) is 5.56 Å². The Kier molecular flexibility index (Phi) is 5.57. The summed E-state index contributed by atoms with van der Waals surface area (Å²) in [5.41, 5.74) is 0.0856. The Morgan fingerprint density at radius 2 is 1.67 bits per heavy atom. The molecule has 0 unspecified atom stereocenters. The molecular formula is C23H15F2N3O5. The van der Waals surface area contributed by atoms with Crippen LogP contribution >= 0.6 is 0 Å². The predicted molar refractivity (Wildman–Crippen MR) is 115 cm³/mol. The Balaban J connectivity index is 1.82. The quantitative estimate of drug-likeness (QED) is 0.341. The molecule has 0 spiro atoms. The normalized spacial score (nSPS) is 13.5. The first kappa shape index (κ1) is 21.6. The predicted octanol–water partition coefficient (Wildman–Crippen LogP) is 4.28. The number of hydrogen-bond acceptors (Lipinski definition) is 6. The lowest BCUT2D eigenvalue weighted by Crippen LogP contribution is -2.32. The molecule has 0 saturated heterocycles. The minimum Gasteiger partial charge on any atom is -0.497 e. The van der Waals surface area contributed by atoms with E-state index in [1.165, 1.54) is 31.4 Å². The van der Waals surface area contributed by atoms with Gasteiger partial charge in [0.05, 0.1) is 23.3 Å². The smallest absolute Gasteiger partial charge is 0.282 e. The zero-order valence-corrected chi connectivity index (χ0v) is 17.0. The van der Waals surface area contributed by atoms with Gasteiger partial charge < -0.3 is 10.1 Å². The highest BCUT2D eigenvalue weighted by Gasteiger charge is 2.40. The Hall–Kier alpha value is -4.60. The van der Waals surface area contributed by atoms with Crippen LogP contribution in [0.25, 0.3) is 5.57 Å². The van der Waals surface area contributed by atoms with Crippen molar-refractivity contribution in [2.24, 2.45) is 0 Å². The first-order valence-corrected chi connectivity index (χ1v) is 9.54. The second-order valence-corrected chi connectivity index (χ2v) is 6.96. The van der Waals surface area contributed by atoms with Crippen LogP contribution in [0, 0.1) is 21.7 Å². The minimum atomic E-state index is -1.22. The molecule has 8 nitrogen and oxygen atoms in total. The maximum atomic E-state index is 13.8. The zero-order chi connectivity index (χ0) is 23.7. The van der Waals surface area contributed by atoms with Crippen molar-refractivity contribution in [1.29, 1.82) is 0 Å². The molecule has 0 saturated carbocycles. The molecular weight excluding hydrogens is 436 g/mol. The third-order valence-corrected chi connectivity index (χ3v) is 4.95. The van der Waals surface area contributed by atoms with E-state index in [0.717, 1.165) is 18.2 Å². The number of carbonyl (C=O) groups excluding carboxylic acids is 2. The number of nitrogens with zero attached hydrogens (tertiary/aromatic N) is 2. The molecule has 3 aromatic carbocycles. The van der Waals surface area contributed by atoms with Gasteiger partial charge in [0, 0.05) is 30.0 Å². The van der Waals surface area contributed by atoms with Crippen molar-refractivity contribution in [1.82, 2.24) is 0 Å². The zero-order valence-electron chi connectivity index (χ0n) is 17.0. The minimum absolute atomic E-state index is 0.0811. The maximum absolute atomic E-state index is 13.8. The molecule has 0 fully saturated rings. The second-order valence-electron chi connectivity index (χ2n) is 6.96. The summed E-state index contributed by atoms with van der Waals surface area (Å²) in [6, 6.07) is 14.3. The number of hydrogen-bond donors (Lipinski definition) is 1. The van der Waals surface area contributed by atoms with Crippen LogP contribution in [0.5, 0.6) is 5.75 Å². The summed E-state index contributed by atoms with van der Waals surface area (Å²) >= 11 is 0. The van der Waals surface area contributed by atoms with Gasteiger partial charge in [-0.2, -0.15) is 0 Å². The van der Waals surface area contributed by atoms with Crippen LogP contribution < -0.4 is 15.0 Å². The fraction of sp³-hybridized carbons (Fsp3) is 0.0435. The van der Waals surface area contributed by atoms with E-state index in [-0.39, 0.29) is 28.2 Å². The second kappa shape index (κ2) is 8.50. The average Bonchev–Trinajstić information content (AvgIpc) is 3.05. The molecule has 1 N–H and O–H groups in total. The number of halogens is 2. The number of nitro groups is 1. The van der Waals surface area contributed by atoms with Crippen molar-refractivity contribution < 1.29 is 28.0 Å². The van der Waals surface area contributed by atoms with Gasteiger partial charge in [-0.25, -0.2) is 13.7 Å². The van der Waals surface area contributed by atoms with Crippen molar-refractivity contribution >= 4 is 34.4 Å². The molecule has 10 heteroatoms. The highest BCUT2D eigenvalue weighted by molar-refractivity contribution is 6.46. The number of amides is 2. The summed E-state index contributed by atoms with van der Waals surface area (Å²) in [6.45, 7) is 0. The number of ether oxygens (including phenoxy) is 1. The molecule has 1 aliphatic heterocycles. The number of benzene rings is 3. The number of nitrogens with one attached hydrogen (secondary N) is 1. The van der Waals surface area contributed by atoms with E-state index in [1.54, 1.807) is 24.3 Å². The third kappa shape index (κ3) is 4.01. The molecule has 2 amide bonds. The van der Waals surface area contributed by atoms with Crippen molar-refractivity contribution in [3.8, 4) is 5.75 Å². The Morgan fingerprint density at radius 3 is 2.30 bits per heavy atom. The number of anilines is 2. The van der Waals surface area contributed by atoms with Crippen LogP contribution in [0.4, 0.5) is 25.8 Å². The van der Waals surface area contributed by atoms with E-state index >= 15 is 0 Å². The summed E-state index contributed by atoms with van der Waals surface area (Å²) in [5.74, 6) is -3.46. The molecule has 0 aliphatic carbocycles. The van der Waals surface area contributed by atoms with Crippen molar-refractivity contribution in [3.63, 3.8) is 0 Å². The maximum Gasteiger partial charge on any atom is 0.282 e. The molecule has 0 aromatic heterocycles. The van der Waals surface area contributed by atoms with Gasteiger partial charge in [-0.3, -0.25) is 19.7 Å². The summed E-state index contributed by atoms with van der Waals surface area (Å²) in [7, 11) is 1.47. The highest BCUT2D eigenvalue weighted by Crippen LogP contribution is 2.35. The van der Waals surface area contributed by atoms with Crippen molar-refractivity contribution in [2.45, 2.75) is 0 Å². The molecule has 33 heavy (non-hydrogen) atoms. The van der Waals surface area contributed by atoms with Gasteiger partial charge in [-0.05, 0) is 42.0 Å². The monoisotopic (exact) mass is 451 g/mol. The van der Waals surface area contributed by atoms with Gasteiger partial charge in [0.2, 0.25) is 0 Å². The standard InChI is InChI=1S/C23H15F2N3O5/c1-33-17-4-2-3-14(11-17)26-21-20(13-5-7-15(8-6-13)28(31)32)22(29)27(23(21)30)16-9-10-18(24)19(25)12-16/h2-12,26H,1H3. The van der Waals surface area contributed by atoms with E-state index in [2.05, 4.69) is 5.32 Å². The largest absolute Gasteiger partial charge is 0.497 e. The number of imide groups is 1. The molecule has 0 bridgehead atoms. The number of rotatable bonds is 6. The van der Waals surface area contributed by atoms with Crippen LogP contribution in [0.15, 0.2) is 72.4 Å².